The molecule has 57 heavy (non-hydrogen) atoms. The average molecular weight is 807 g/mol. The Kier molecular flexibility index (Phi) is 42.7. The fourth-order valence-corrected chi connectivity index (χ4v) is 7.64. The first kappa shape index (κ1) is 55.4. The van der Waals surface area contributed by atoms with Crippen LogP contribution in [0.2, 0.25) is 0 Å². The van der Waals surface area contributed by atoms with Crippen molar-refractivity contribution in [2.24, 2.45) is 11.8 Å². The van der Waals surface area contributed by atoms with E-state index in [1.54, 1.807) is 0 Å². The molecule has 0 heterocycles. The van der Waals surface area contributed by atoms with E-state index in [9.17, 15) is 14.4 Å². The molecule has 0 saturated carbocycles. The zero-order valence-electron chi connectivity index (χ0n) is 39.0. The maximum absolute atomic E-state index is 12.7. The Labute approximate surface area is 355 Å². The summed E-state index contributed by atoms with van der Waals surface area (Å²) >= 11 is 0. The van der Waals surface area contributed by atoms with Crippen LogP contribution in [0.1, 0.15) is 279 Å². The smallest absolute Gasteiger partial charge is 0.306 e. The lowest BCUT2D eigenvalue weighted by Crippen LogP contribution is -2.30. The molecule has 6 heteroatoms. The first-order valence-electron chi connectivity index (χ1n) is 25.2. The van der Waals surface area contributed by atoms with E-state index in [0.717, 1.165) is 69.6 Å². The second kappa shape index (κ2) is 44.0. The highest BCUT2D eigenvalue weighted by Gasteiger charge is 2.19. The fraction of sp³-hybridized carbons (Fsp3) is 0.941. The number of rotatable bonds is 45. The number of hydrogen-bond donors (Lipinski definition) is 0. The molecule has 1 atom stereocenters. The zero-order valence-corrected chi connectivity index (χ0v) is 39.0. The molecule has 338 valence electrons. The summed E-state index contributed by atoms with van der Waals surface area (Å²) in [7, 11) is 0. The van der Waals surface area contributed by atoms with Gasteiger partial charge in [0.2, 0.25) is 0 Å². The van der Waals surface area contributed by atoms with Gasteiger partial charge in [-0.2, -0.15) is 0 Å². The van der Waals surface area contributed by atoms with Gasteiger partial charge in [-0.1, -0.05) is 240 Å². The van der Waals surface area contributed by atoms with E-state index in [0.29, 0.717) is 19.3 Å². The quantitative estimate of drug-likeness (QED) is 0.0346. The highest BCUT2D eigenvalue weighted by molar-refractivity contribution is 5.71. The topological polar surface area (TPSA) is 78.9 Å². The van der Waals surface area contributed by atoms with Crippen LogP contribution in [0, 0.1) is 11.8 Å². The number of ether oxygens (including phenoxy) is 3. The Balaban J connectivity index is 4.28. The summed E-state index contributed by atoms with van der Waals surface area (Å²) in [6.45, 7) is 11.4. The van der Waals surface area contributed by atoms with Gasteiger partial charge >= 0.3 is 17.9 Å². The van der Waals surface area contributed by atoms with Crippen molar-refractivity contribution in [2.75, 3.05) is 13.2 Å². The predicted octanol–water partition coefficient (Wildman–Crippen LogP) is 16.1. The lowest BCUT2D eigenvalue weighted by atomic mass is 10.0. The van der Waals surface area contributed by atoms with E-state index >= 15 is 0 Å². The summed E-state index contributed by atoms with van der Waals surface area (Å²) in [5, 5.41) is 0. The van der Waals surface area contributed by atoms with Gasteiger partial charge in [-0.3, -0.25) is 14.4 Å². The van der Waals surface area contributed by atoms with Gasteiger partial charge in [0.25, 0.3) is 0 Å². The van der Waals surface area contributed by atoms with E-state index in [1.165, 1.54) is 167 Å². The van der Waals surface area contributed by atoms with Gasteiger partial charge in [0.15, 0.2) is 6.10 Å². The molecule has 0 spiro atoms. The largest absolute Gasteiger partial charge is 0.462 e. The van der Waals surface area contributed by atoms with Gasteiger partial charge in [0.05, 0.1) is 0 Å². The van der Waals surface area contributed by atoms with Gasteiger partial charge in [0, 0.05) is 19.3 Å². The maximum atomic E-state index is 12.7. The normalized spacial score (nSPS) is 12.1. The maximum Gasteiger partial charge on any atom is 0.306 e. The number of carbonyl (C=O) groups excluding carboxylic acids is 3. The fourth-order valence-electron chi connectivity index (χ4n) is 7.64. The third-order valence-corrected chi connectivity index (χ3v) is 11.5. The van der Waals surface area contributed by atoms with Crippen molar-refractivity contribution in [1.29, 1.82) is 0 Å². The number of carbonyl (C=O) groups is 3. The van der Waals surface area contributed by atoms with Crippen LogP contribution in [0.3, 0.4) is 0 Å². The molecule has 0 aromatic carbocycles. The third-order valence-electron chi connectivity index (χ3n) is 11.5. The number of hydrogen-bond acceptors (Lipinski definition) is 6. The van der Waals surface area contributed by atoms with Crippen LogP contribution >= 0.6 is 0 Å². The van der Waals surface area contributed by atoms with Crippen molar-refractivity contribution in [3.63, 3.8) is 0 Å². The average Bonchev–Trinajstić information content (AvgIpc) is 3.18. The van der Waals surface area contributed by atoms with Gasteiger partial charge in [-0.15, -0.1) is 0 Å². The third kappa shape index (κ3) is 45.3. The molecule has 0 aliphatic rings. The van der Waals surface area contributed by atoms with Crippen molar-refractivity contribution >= 4 is 17.9 Å². The monoisotopic (exact) mass is 807 g/mol. The SMILES string of the molecule is CCCCCCCCCCCCC(=O)O[C@@H](COC(=O)CCCCCCCCCCCCCCC(C)C)COC(=O)CCCCCCCCCCCCCC(C)C. The van der Waals surface area contributed by atoms with E-state index in [-0.39, 0.29) is 31.1 Å². The molecule has 0 aromatic rings. The van der Waals surface area contributed by atoms with Crippen LogP contribution in [-0.2, 0) is 28.6 Å². The van der Waals surface area contributed by atoms with Crippen LogP contribution in [0.4, 0.5) is 0 Å². The van der Waals surface area contributed by atoms with Crippen LogP contribution in [0.5, 0.6) is 0 Å². The van der Waals surface area contributed by atoms with Gasteiger partial charge < -0.3 is 14.2 Å². The standard InChI is InChI=1S/C51H98O6/c1-6-7-8-9-10-11-21-28-33-38-43-51(54)57-48(45-56-50(53)42-37-32-27-23-18-14-16-20-25-30-35-40-47(4)5)44-55-49(52)41-36-31-26-22-17-13-12-15-19-24-29-34-39-46(2)3/h46-48H,6-45H2,1-5H3/t48-/m0/s1. The van der Waals surface area contributed by atoms with Crippen LogP contribution in [-0.4, -0.2) is 37.2 Å². The Hall–Kier alpha value is -1.59. The molecule has 0 aliphatic heterocycles. The van der Waals surface area contributed by atoms with Crippen molar-refractivity contribution in [2.45, 2.75) is 285 Å². The molecule has 0 radical (unpaired) electrons. The second-order valence-electron chi connectivity index (χ2n) is 18.4. The molecule has 0 rings (SSSR count). The van der Waals surface area contributed by atoms with E-state index in [4.69, 9.17) is 14.2 Å². The molecule has 0 unspecified atom stereocenters. The minimum Gasteiger partial charge on any atom is -0.462 e. The number of unbranched alkanes of at least 4 members (excludes halogenated alkanes) is 30. The van der Waals surface area contributed by atoms with Gasteiger partial charge in [0.1, 0.15) is 13.2 Å². The van der Waals surface area contributed by atoms with Gasteiger partial charge in [-0.25, -0.2) is 0 Å². The molecule has 0 amide bonds. The lowest BCUT2D eigenvalue weighted by molar-refractivity contribution is -0.167. The Morgan fingerprint density at radius 2 is 0.579 bits per heavy atom. The Morgan fingerprint density at radius 1 is 0.333 bits per heavy atom. The Morgan fingerprint density at radius 3 is 0.860 bits per heavy atom. The van der Waals surface area contributed by atoms with E-state index in [1.807, 2.05) is 0 Å². The molecule has 6 nitrogen and oxygen atoms in total. The van der Waals surface area contributed by atoms with Crippen molar-refractivity contribution in [3.8, 4) is 0 Å². The van der Waals surface area contributed by atoms with Crippen molar-refractivity contribution < 1.29 is 28.6 Å². The summed E-state index contributed by atoms with van der Waals surface area (Å²) in [6, 6.07) is 0. The van der Waals surface area contributed by atoms with Crippen LogP contribution in [0.15, 0.2) is 0 Å². The first-order chi connectivity index (χ1) is 27.7. The van der Waals surface area contributed by atoms with E-state index < -0.39 is 6.10 Å². The second-order valence-corrected chi connectivity index (χ2v) is 18.4. The lowest BCUT2D eigenvalue weighted by Gasteiger charge is -2.18. The number of esters is 3. The predicted molar refractivity (Wildman–Crippen MR) is 243 cm³/mol. The van der Waals surface area contributed by atoms with E-state index in [2.05, 4.69) is 34.6 Å². The molecule has 0 aromatic heterocycles. The first-order valence-corrected chi connectivity index (χ1v) is 25.2. The molecular formula is C51H98O6. The molecule has 0 saturated heterocycles. The summed E-state index contributed by atoms with van der Waals surface area (Å²) in [6.07, 6.45) is 43.7. The molecule has 0 fully saturated rings. The summed E-state index contributed by atoms with van der Waals surface area (Å²) in [5.74, 6) is 0.810. The van der Waals surface area contributed by atoms with Crippen molar-refractivity contribution in [3.05, 3.63) is 0 Å². The van der Waals surface area contributed by atoms with Crippen LogP contribution < -0.4 is 0 Å². The summed E-state index contributed by atoms with van der Waals surface area (Å²) in [4.78, 5) is 37.8. The van der Waals surface area contributed by atoms with Crippen LogP contribution in [0.25, 0.3) is 0 Å². The van der Waals surface area contributed by atoms with Crippen molar-refractivity contribution in [1.82, 2.24) is 0 Å². The minimum atomic E-state index is -0.760. The minimum absolute atomic E-state index is 0.0639. The zero-order chi connectivity index (χ0) is 41.9. The highest BCUT2D eigenvalue weighted by Crippen LogP contribution is 2.17. The molecular weight excluding hydrogens is 709 g/mol. The molecule has 0 N–H and O–H groups in total. The van der Waals surface area contributed by atoms with Gasteiger partial charge in [-0.05, 0) is 31.1 Å². The highest BCUT2D eigenvalue weighted by atomic mass is 16.6. The summed E-state index contributed by atoms with van der Waals surface area (Å²) < 4.78 is 16.8. The summed E-state index contributed by atoms with van der Waals surface area (Å²) in [5.41, 5.74) is 0. The molecule has 0 bridgehead atoms. The molecule has 0 aliphatic carbocycles. The Bertz CT molecular complexity index is 870.